The van der Waals surface area contributed by atoms with Crippen LogP contribution < -0.4 is 10.9 Å². The molecule has 2 aromatic heterocycles. The van der Waals surface area contributed by atoms with Gasteiger partial charge in [-0.1, -0.05) is 6.07 Å². The van der Waals surface area contributed by atoms with Gasteiger partial charge in [0.05, 0.1) is 12.3 Å². The third-order valence-corrected chi connectivity index (χ3v) is 3.93. The molecule has 3 aromatic rings. The van der Waals surface area contributed by atoms with Gasteiger partial charge in [-0.25, -0.2) is 4.79 Å². The Kier molecular flexibility index (Phi) is 4.37. The third-order valence-electron chi connectivity index (χ3n) is 3.93. The Hall–Kier alpha value is -2.99. The predicted octanol–water partition coefficient (Wildman–Crippen LogP) is 2.86. The fourth-order valence-corrected chi connectivity index (χ4v) is 2.81. The molecule has 6 heteroatoms. The van der Waals surface area contributed by atoms with E-state index in [0.29, 0.717) is 22.3 Å². The van der Waals surface area contributed by atoms with Crippen molar-refractivity contribution < 1.29 is 14.3 Å². The normalized spacial score (nSPS) is 10.9. The molecule has 0 aliphatic heterocycles. The second-order valence-electron chi connectivity index (χ2n) is 6.05. The molecule has 0 spiro atoms. The molecule has 0 aliphatic rings. The van der Waals surface area contributed by atoms with Gasteiger partial charge in [-0.05, 0) is 50.1 Å². The van der Waals surface area contributed by atoms with Crippen LogP contribution in [0.3, 0.4) is 0 Å². The number of amides is 1. The van der Waals surface area contributed by atoms with Gasteiger partial charge >= 0.3 is 5.63 Å². The zero-order valence-corrected chi connectivity index (χ0v) is 14.2. The summed E-state index contributed by atoms with van der Waals surface area (Å²) in [7, 11) is 0. The number of hydrogen-bond donors (Lipinski definition) is 2. The average Bonchev–Trinajstić information content (AvgIpc) is 2.54. The molecule has 0 atom stereocenters. The molecular weight excluding hydrogens is 320 g/mol. The summed E-state index contributed by atoms with van der Waals surface area (Å²) in [4.78, 5) is 28.9. The van der Waals surface area contributed by atoms with Gasteiger partial charge in [-0.2, -0.15) is 0 Å². The van der Waals surface area contributed by atoms with E-state index in [4.69, 9.17) is 4.42 Å². The van der Waals surface area contributed by atoms with E-state index in [2.05, 4.69) is 10.3 Å². The molecule has 0 aliphatic carbocycles. The molecule has 0 fully saturated rings. The monoisotopic (exact) mass is 338 g/mol. The van der Waals surface area contributed by atoms with Crippen LogP contribution in [-0.4, -0.2) is 16.0 Å². The number of aromatic nitrogens is 1. The number of benzene rings is 1. The van der Waals surface area contributed by atoms with Crippen molar-refractivity contribution in [3.8, 4) is 0 Å². The number of hydrogen-bond acceptors (Lipinski definition) is 5. The number of nitrogens with zero attached hydrogens (tertiary/aromatic N) is 1. The maximum atomic E-state index is 12.5. The minimum atomic E-state index is -0.741. The van der Waals surface area contributed by atoms with Gasteiger partial charge in [0.1, 0.15) is 5.56 Å². The summed E-state index contributed by atoms with van der Waals surface area (Å²) < 4.78 is 5.28. The molecule has 1 aromatic carbocycles. The van der Waals surface area contributed by atoms with Gasteiger partial charge in [0.2, 0.25) is 0 Å². The molecule has 6 nitrogen and oxygen atoms in total. The SMILES string of the molecule is Cc1cc(C)cc(NC(=O)c2cc3c(CO)cnc(C)c3oc2=O)c1. The number of anilines is 1. The first kappa shape index (κ1) is 16.9. The van der Waals surface area contributed by atoms with Crippen molar-refractivity contribution in [2.75, 3.05) is 5.32 Å². The molecule has 3 rings (SSSR count). The quantitative estimate of drug-likeness (QED) is 0.766. The van der Waals surface area contributed by atoms with Crippen LogP contribution >= 0.6 is 0 Å². The zero-order valence-electron chi connectivity index (χ0n) is 14.2. The van der Waals surface area contributed by atoms with E-state index in [0.717, 1.165) is 11.1 Å². The van der Waals surface area contributed by atoms with Gasteiger partial charge < -0.3 is 14.8 Å². The van der Waals surface area contributed by atoms with Crippen molar-refractivity contribution in [1.29, 1.82) is 0 Å². The second-order valence-corrected chi connectivity index (χ2v) is 6.05. The summed E-state index contributed by atoms with van der Waals surface area (Å²) in [6, 6.07) is 7.07. The van der Waals surface area contributed by atoms with Gasteiger partial charge in [0.15, 0.2) is 5.58 Å². The molecule has 0 radical (unpaired) electrons. The molecule has 0 saturated carbocycles. The van der Waals surface area contributed by atoms with Crippen LogP contribution in [0.25, 0.3) is 11.0 Å². The summed E-state index contributed by atoms with van der Waals surface area (Å²) in [5, 5.41) is 12.7. The van der Waals surface area contributed by atoms with E-state index in [-0.39, 0.29) is 17.8 Å². The Morgan fingerprint density at radius 1 is 1.16 bits per heavy atom. The number of pyridine rings is 1. The fourth-order valence-electron chi connectivity index (χ4n) is 2.81. The van der Waals surface area contributed by atoms with Crippen molar-refractivity contribution >= 4 is 22.6 Å². The standard InChI is InChI=1S/C19H18N2O4/c1-10-4-11(2)6-14(5-10)21-18(23)16-7-15-13(9-22)8-20-12(3)17(15)25-19(16)24/h4-8,22H,9H2,1-3H3,(H,21,23). The fraction of sp³-hybridized carbons (Fsp3) is 0.211. The van der Waals surface area contributed by atoms with Crippen LogP contribution in [0, 0.1) is 20.8 Å². The first-order valence-corrected chi connectivity index (χ1v) is 7.82. The van der Waals surface area contributed by atoms with Gasteiger partial charge in [-0.15, -0.1) is 0 Å². The number of aryl methyl sites for hydroxylation is 3. The van der Waals surface area contributed by atoms with Crippen molar-refractivity contribution in [2.24, 2.45) is 0 Å². The summed E-state index contributed by atoms with van der Waals surface area (Å²) in [6.07, 6.45) is 1.50. The zero-order chi connectivity index (χ0) is 18.1. The highest BCUT2D eigenvalue weighted by Gasteiger charge is 2.17. The van der Waals surface area contributed by atoms with Gasteiger partial charge in [0.25, 0.3) is 5.91 Å². The van der Waals surface area contributed by atoms with E-state index >= 15 is 0 Å². The minimum Gasteiger partial charge on any atom is -0.420 e. The van der Waals surface area contributed by atoms with E-state index < -0.39 is 11.5 Å². The Morgan fingerprint density at radius 2 is 1.84 bits per heavy atom. The molecular formula is C19H18N2O4. The number of nitrogens with one attached hydrogen (secondary N) is 1. The molecule has 0 unspecified atom stereocenters. The van der Waals surface area contributed by atoms with Crippen molar-refractivity contribution in [1.82, 2.24) is 4.98 Å². The molecule has 1 amide bonds. The summed E-state index contributed by atoms with van der Waals surface area (Å²) in [5.74, 6) is -0.556. The van der Waals surface area contributed by atoms with Gasteiger partial charge in [0, 0.05) is 22.8 Å². The third kappa shape index (κ3) is 3.29. The Labute approximate surface area is 144 Å². The first-order chi connectivity index (χ1) is 11.9. The van der Waals surface area contributed by atoms with E-state index in [1.807, 2.05) is 32.0 Å². The molecule has 25 heavy (non-hydrogen) atoms. The maximum absolute atomic E-state index is 12.5. The van der Waals surface area contributed by atoms with Crippen molar-refractivity contribution in [2.45, 2.75) is 27.4 Å². The molecule has 0 saturated heterocycles. The number of fused-ring (bicyclic) bond motifs is 1. The Balaban J connectivity index is 2.07. The van der Waals surface area contributed by atoms with Gasteiger partial charge in [-0.3, -0.25) is 9.78 Å². The topological polar surface area (TPSA) is 92.4 Å². The van der Waals surface area contributed by atoms with Crippen molar-refractivity contribution in [3.63, 3.8) is 0 Å². The van der Waals surface area contributed by atoms with Crippen LogP contribution in [0.5, 0.6) is 0 Å². The van der Waals surface area contributed by atoms with E-state index in [1.165, 1.54) is 12.3 Å². The highest BCUT2D eigenvalue weighted by Crippen LogP contribution is 2.21. The number of aliphatic hydroxyl groups excluding tert-OH is 1. The maximum Gasteiger partial charge on any atom is 0.349 e. The molecule has 2 N–H and O–H groups in total. The van der Waals surface area contributed by atoms with Crippen molar-refractivity contribution in [3.05, 3.63) is 68.8 Å². The highest BCUT2D eigenvalue weighted by atomic mass is 16.4. The van der Waals surface area contributed by atoms with E-state index in [1.54, 1.807) is 6.92 Å². The lowest BCUT2D eigenvalue weighted by atomic mass is 10.1. The summed E-state index contributed by atoms with van der Waals surface area (Å²) >= 11 is 0. The predicted molar refractivity (Wildman–Crippen MR) is 94.8 cm³/mol. The lowest BCUT2D eigenvalue weighted by Crippen LogP contribution is -2.21. The lowest BCUT2D eigenvalue weighted by molar-refractivity contribution is 0.102. The van der Waals surface area contributed by atoms with Crippen LogP contribution in [-0.2, 0) is 6.61 Å². The lowest BCUT2D eigenvalue weighted by Gasteiger charge is -2.09. The van der Waals surface area contributed by atoms with Crippen LogP contribution in [0.4, 0.5) is 5.69 Å². The first-order valence-electron chi connectivity index (χ1n) is 7.82. The summed E-state index contributed by atoms with van der Waals surface area (Å²) in [6.45, 7) is 5.28. The second kappa shape index (κ2) is 6.49. The Morgan fingerprint density at radius 3 is 2.48 bits per heavy atom. The minimum absolute atomic E-state index is 0.119. The smallest absolute Gasteiger partial charge is 0.349 e. The number of rotatable bonds is 3. The largest absolute Gasteiger partial charge is 0.420 e. The Bertz CT molecular complexity index is 1020. The van der Waals surface area contributed by atoms with Crippen LogP contribution in [0.2, 0.25) is 0 Å². The van der Waals surface area contributed by atoms with Crippen LogP contribution in [0.1, 0.15) is 32.7 Å². The average molecular weight is 338 g/mol. The molecule has 0 bridgehead atoms. The number of carbonyl (C=O) groups is 1. The molecule has 128 valence electrons. The highest BCUT2D eigenvalue weighted by molar-refractivity contribution is 6.05. The number of carbonyl (C=O) groups excluding carboxylic acids is 1. The number of aliphatic hydroxyl groups is 1. The van der Waals surface area contributed by atoms with E-state index in [9.17, 15) is 14.7 Å². The van der Waals surface area contributed by atoms with Crippen LogP contribution in [0.15, 0.2) is 39.7 Å². The molecule has 2 heterocycles. The summed E-state index contributed by atoms with van der Waals surface area (Å²) in [5.41, 5.74) is 3.04.